The Balaban J connectivity index is 3.03. The first-order valence-electron chi connectivity index (χ1n) is 4.05. The standard InChI is InChI=1S/C10H15NO/c1-7-6-9(12-3)4-5-10(7)8(2)11/h4-6,8H,11H2,1-3H3/t8-/m1/s1. The number of methoxy groups -OCH3 is 1. The fourth-order valence-corrected chi connectivity index (χ4v) is 1.29. The molecule has 66 valence electrons. The topological polar surface area (TPSA) is 35.2 Å². The normalized spacial score (nSPS) is 12.7. The third kappa shape index (κ3) is 1.77. The summed E-state index contributed by atoms with van der Waals surface area (Å²) in [6.45, 7) is 4.02. The number of rotatable bonds is 2. The zero-order valence-electron chi connectivity index (χ0n) is 7.79. The fraction of sp³-hybridized carbons (Fsp3) is 0.400. The molecule has 1 aromatic carbocycles. The van der Waals surface area contributed by atoms with E-state index in [9.17, 15) is 0 Å². The lowest BCUT2D eigenvalue weighted by Gasteiger charge is -2.10. The summed E-state index contributed by atoms with van der Waals surface area (Å²) in [5.74, 6) is 0.886. The Labute approximate surface area is 73.3 Å². The highest BCUT2D eigenvalue weighted by molar-refractivity contribution is 5.36. The van der Waals surface area contributed by atoms with Crippen molar-refractivity contribution < 1.29 is 4.74 Å². The van der Waals surface area contributed by atoms with Crippen LogP contribution in [0.4, 0.5) is 0 Å². The number of aryl methyl sites for hydroxylation is 1. The van der Waals surface area contributed by atoms with Crippen LogP contribution in [0.5, 0.6) is 5.75 Å². The van der Waals surface area contributed by atoms with Gasteiger partial charge in [0.2, 0.25) is 0 Å². The van der Waals surface area contributed by atoms with Crippen molar-refractivity contribution >= 4 is 0 Å². The SMILES string of the molecule is COc1ccc([C@@H](C)N)c(C)c1. The summed E-state index contributed by atoms with van der Waals surface area (Å²) >= 11 is 0. The molecule has 12 heavy (non-hydrogen) atoms. The fourth-order valence-electron chi connectivity index (χ4n) is 1.29. The van der Waals surface area contributed by atoms with E-state index >= 15 is 0 Å². The number of nitrogens with two attached hydrogens (primary N) is 1. The van der Waals surface area contributed by atoms with Crippen LogP contribution in [0.25, 0.3) is 0 Å². The Kier molecular flexibility index (Phi) is 2.71. The number of hydrogen-bond acceptors (Lipinski definition) is 2. The molecule has 0 heterocycles. The Bertz CT molecular complexity index is 269. The van der Waals surface area contributed by atoms with Gasteiger partial charge in [-0.3, -0.25) is 0 Å². The smallest absolute Gasteiger partial charge is 0.119 e. The minimum absolute atomic E-state index is 0.0934. The quantitative estimate of drug-likeness (QED) is 0.727. The van der Waals surface area contributed by atoms with E-state index < -0.39 is 0 Å². The highest BCUT2D eigenvalue weighted by atomic mass is 16.5. The van der Waals surface area contributed by atoms with Gasteiger partial charge in [-0.25, -0.2) is 0 Å². The van der Waals surface area contributed by atoms with Crippen molar-refractivity contribution in [2.45, 2.75) is 19.9 Å². The van der Waals surface area contributed by atoms with Gasteiger partial charge in [0.05, 0.1) is 7.11 Å². The molecule has 0 radical (unpaired) electrons. The van der Waals surface area contributed by atoms with E-state index in [-0.39, 0.29) is 6.04 Å². The maximum Gasteiger partial charge on any atom is 0.119 e. The van der Waals surface area contributed by atoms with Crippen molar-refractivity contribution in [2.24, 2.45) is 5.73 Å². The predicted molar refractivity (Wildman–Crippen MR) is 50.3 cm³/mol. The predicted octanol–water partition coefficient (Wildman–Crippen LogP) is 2.02. The molecule has 2 nitrogen and oxygen atoms in total. The Morgan fingerprint density at radius 3 is 2.50 bits per heavy atom. The van der Waals surface area contributed by atoms with Crippen molar-refractivity contribution in [1.29, 1.82) is 0 Å². The molecule has 1 atom stereocenters. The van der Waals surface area contributed by atoms with Crippen LogP contribution in [0.1, 0.15) is 24.1 Å². The van der Waals surface area contributed by atoms with Crippen molar-refractivity contribution in [3.8, 4) is 5.75 Å². The van der Waals surface area contributed by atoms with Gasteiger partial charge in [-0.1, -0.05) is 6.07 Å². The van der Waals surface area contributed by atoms with Crippen LogP contribution in [0.15, 0.2) is 18.2 Å². The molecule has 0 aromatic heterocycles. The first kappa shape index (κ1) is 9.07. The molecule has 1 aromatic rings. The van der Waals surface area contributed by atoms with E-state index in [1.165, 1.54) is 11.1 Å². The van der Waals surface area contributed by atoms with Crippen molar-refractivity contribution in [3.05, 3.63) is 29.3 Å². The molecule has 0 fully saturated rings. The largest absolute Gasteiger partial charge is 0.497 e. The third-order valence-corrected chi connectivity index (χ3v) is 1.97. The molecule has 0 saturated heterocycles. The van der Waals surface area contributed by atoms with Crippen molar-refractivity contribution in [1.82, 2.24) is 0 Å². The van der Waals surface area contributed by atoms with E-state index in [1.54, 1.807) is 7.11 Å². The monoisotopic (exact) mass is 165 g/mol. The average Bonchev–Trinajstić information content (AvgIpc) is 2.03. The first-order valence-corrected chi connectivity index (χ1v) is 4.05. The van der Waals surface area contributed by atoms with E-state index in [1.807, 2.05) is 32.0 Å². The zero-order valence-corrected chi connectivity index (χ0v) is 7.79. The van der Waals surface area contributed by atoms with Crippen LogP contribution in [-0.2, 0) is 0 Å². The zero-order chi connectivity index (χ0) is 9.14. The summed E-state index contributed by atoms with van der Waals surface area (Å²) in [5.41, 5.74) is 8.13. The number of benzene rings is 1. The van der Waals surface area contributed by atoms with Crippen molar-refractivity contribution in [2.75, 3.05) is 7.11 Å². The molecule has 0 amide bonds. The average molecular weight is 165 g/mol. The Hall–Kier alpha value is -1.02. The van der Waals surface area contributed by atoms with Gasteiger partial charge in [-0.15, -0.1) is 0 Å². The summed E-state index contributed by atoms with van der Waals surface area (Å²) in [6.07, 6.45) is 0. The Morgan fingerprint density at radius 1 is 1.42 bits per heavy atom. The van der Waals surface area contributed by atoms with Crippen LogP contribution in [-0.4, -0.2) is 7.11 Å². The summed E-state index contributed by atoms with van der Waals surface area (Å²) in [7, 11) is 1.67. The van der Waals surface area contributed by atoms with Gasteiger partial charge in [0, 0.05) is 6.04 Å². The van der Waals surface area contributed by atoms with Gasteiger partial charge >= 0.3 is 0 Å². The minimum atomic E-state index is 0.0934. The summed E-state index contributed by atoms with van der Waals surface area (Å²) in [6, 6.07) is 6.04. The van der Waals surface area contributed by atoms with Crippen LogP contribution in [0.3, 0.4) is 0 Å². The molecule has 0 aliphatic rings. The lowest BCUT2D eigenvalue weighted by atomic mass is 10.0. The van der Waals surface area contributed by atoms with Gasteiger partial charge < -0.3 is 10.5 Å². The lowest BCUT2D eigenvalue weighted by molar-refractivity contribution is 0.414. The second kappa shape index (κ2) is 3.59. The van der Waals surface area contributed by atoms with E-state index in [2.05, 4.69) is 0 Å². The second-order valence-corrected chi connectivity index (χ2v) is 3.01. The summed E-state index contributed by atoms with van der Waals surface area (Å²) in [4.78, 5) is 0. The maximum absolute atomic E-state index is 5.77. The van der Waals surface area contributed by atoms with E-state index in [0.29, 0.717) is 0 Å². The van der Waals surface area contributed by atoms with Gasteiger partial charge in [-0.05, 0) is 37.1 Å². The molecule has 0 aliphatic heterocycles. The van der Waals surface area contributed by atoms with Crippen molar-refractivity contribution in [3.63, 3.8) is 0 Å². The molecule has 0 bridgehead atoms. The second-order valence-electron chi connectivity index (χ2n) is 3.01. The van der Waals surface area contributed by atoms with Crippen LogP contribution >= 0.6 is 0 Å². The highest BCUT2D eigenvalue weighted by Crippen LogP contribution is 2.20. The van der Waals surface area contributed by atoms with E-state index in [0.717, 1.165) is 5.75 Å². The lowest BCUT2D eigenvalue weighted by Crippen LogP contribution is -2.06. The van der Waals surface area contributed by atoms with E-state index in [4.69, 9.17) is 10.5 Å². The van der Waals surface area contributed by atoms with Gasteiger partial charge in [0.15, 0.2) is 0 Å². The minimum Gasteiger partial charge on any atom is -0.497 e. The highest BCUT2D eigenvalue weighted by Gasteiger charge is 2.03. The van der Waals surface area contributed by atoms with Crippen LogP contribution in [0.2, 0.25) is 0 Å². The Morgan fingerprint density at radius 2 is 2.08 bits per heavy atom. The van der Waals surface area contributed by atoms with Crippen LogP contribution < -0.4 is 10.5 Å². The molecule has 0 saturated carbocycles. The number of hydrogen-bond donors (Lipinski definition) is 1. The molecule has 2 heteroatoms. The first-order chi connectivity index (χ1) is 5.65. The van der Waals surface area contributed by atoms with Crippen LogP contribution in [0, 0.1) is 6.92 Å². The van der Waals surface area contributed by atoms with Gasteiger partial charge in [0.1, 0.15) is 5.75 Å². The molecule has 0 unspecified atom stereocenters. The third-order valence-electron chi connectivity index (χ3n) is 1.97. The summed E-state index contributed by atoms with van der Waals surface area (Å²) < 4.78 is 5.09. The molecule has 0 spiro atoms. The molecule has 2 N–H and O–H groups in total. The molecule has 1 rings (SSSR count). The maximum atomic E-state index is 5.77. The molecular weight excluding hydrogens is 150 g/mol. The molecule has 0 aliphatic carbocycles. The van der Waals surface area contributed by atoms with Gasteiger partial charge in [-0.2, -0.15) is 0 Å². The summed E-state index contributed by atoms with van der Waals surface area (Å²) in [5, 5.41) is 0. The van der Waals surface area contributed by atoms with Gasteiger partial charge in [0.25, 0.3) is 0 Å². The molecular formula is C10H15NO. The number of ether oxygens (including phenoxy) is 1.